The van der Waals surface area contributed by atoms with Crippen molar-refractivity contribution >= 4 is 0 Å². The molecule has 1 aromatic carbocycles. The summed E-state index contributed by atoms with van der Waals surface area (Å²) in [5, 5.41) is 3.53. The van der Waals surface area contributed by atoms with E-state index in [4.69, 9.17) is 4.52 Å². The highest BCUT2D eigenvalue weighted by Gasteiger charge is 1.99. The normalized spacial score (nSPS) is 10.0. The molecule has 0 aliphatic heterocycles. The second kappa shape index (κ2) is 3.17. The van der Waals surface area contributed by atoms with Crippen molar-refractivity contribution in [3.05, 3.63) is 48.1 Å². The third-order valence-corrected chi connectivity index (χ3v) is 1.61. The molecule has 0 aliphatic carbocycles. The van der Waals surface area contributed by atoms with Crippen molar-refractivity contribution in [2.45, 2.75) is 6.42 Å². The summed E-state index contributed by atoms with van der Waals surface area (Å²) in [7, 11) is 0. The lowest BCUT2D eigenvalue weighted by Crippen LogP contribution is -1.86. The van der Waals surface area contributed by atoms with Crippen LogP contribution >= 0.6 is 0 Å². The summed E-state index contributed by atoms with van der Waals surface area (Å²) in [6, 6.07) is 10.0. The van der Waals surface area contributed by atoms with E-state index in [1.165, 1.54) is 11.9 Å². The van der Waals surface area contributed by atoms with Crippen molar-refractivity contribution in [2.24, 2.45) is 0 Å². The maximum absolute atomic E-state index is 4.88. The highest BCUT2D eigenvalue weighted by Crippen LogP contribution is 2.04. The maximum Gasteiger partial charge on any atom is 0.230 e. The summed E-state index contributed by atoms with van der Waals surface area (Å²) in [5.41, 5.74) is 1.18. The van der Waals surface area contributed by atoms with E-state index in [1.807, 2.05) is 30.3 Å². The summed E-state index contributed by atoms with van der Waals surface area (Å²) >= 11 is 0. The van der Waals surface area contributed by atoms with Gasteiger partial charge in [0.1, 0.15) is 0 Å². The van der Waals surface area contributed by atoms with Crippen LogP contribution in [0.2, 0.25) is 0 Å². The van der Waals surface area contributed by atoms with Gasteiger partial charge < -0.3 is 4.52 Å². The lowest BCUT2D eigenvalue weighted by molar-refractivity contribution is 0.384. The first kappa shape index (κ1) is 7.03. The van der Waals surface area contributed by atoms with Gasteiger partial charge in [0, 0.05) is 0 Å². The average Bonchev–Trinajstić information content (AvgIpc) is 2.59. The van der Waals surface area contributed by atoms with Gasteiger partial charge in [0.2, 0.25) is 5.89 Å². The molecule has 0 radical (unpaired) electrons. The van der Waals surface area contributed by atoms with Crippen LogP contribution in [0.3, 0.4) is 0 Å². The van der Waals surface area contributed by atoms with Crippen molar-refractivity contribution in [3.63, 3.8) is 0 Å². The first-order valence-electron chi connectivity index (χ1n) is 3.74. The fourth-order valence-corrected chi connectivity index (χ4v) is 1.04. The maximum atomic E-state index is 4.88. The van der Waals surface area contributed by atoms with Crippen LogP contribution in [0, 0.1) is 0 Å². The van der Waals surface area contributed by atoms with Gasteiger partial charge in [-0.1, -0.05) is 35.5 Å². The van der Waals surface area contributed by atoms with Crippen LogP contribution in [0.15, 0.2) is 41.2 Å². The zero-order valence-corrected chi connectivity index (χ0v) is 6.47. The largest absolute Gasteiger partial charge is 0.339 e. The van der Waals surface area contributed by atoms with Crippen LogP contribution < -0.4 is 0 Å². The van der Waals surface area contributed by atoms with Gasteiger partial charge in [-0.3, -0.25) is 0 Å². The Morgan fingerprint density at radius 3 is 2.67 bits per heavy atom. The van der Waals surface area contributed by atoms with Crippen molar-refractivity contribution in [3.8, 4) is 0 Å². The minimum atomic E-state index is 0.654. The number of nitrogens with zero attached hydrogens (tertiary/aromatic N) is 2. The lowest BCUT2D eigenvalue weighted by Gasteiger charge is -1.93. The minimum Gasteiger partial charge on any atom is -0.339 e. The molecule has 0 spiro atoms. The van der Waals surface area contributed by atoms with Gasteiger partial charge in [0.25, 0.3) is 0 Å². The van der Waals surface area contributed by atoms with Gasteiger partial charge in [0.05, 0.1) is 6.42 Å². The molecule has 2 rings (SSSR count). The number of benzene rings is 1. The monoisotopic (exact) mass is 160 g/mol. The number of rotatable bonds is 2. The van der Waals surface area contributed by atoms with E-state index in [0.717, 1.165) is 0 Å². The van der Waals surface area contributed by atoms with E-state index < -0.39 is 0 Å². The number of hydrogen-bond donors (Lipinski definition) is 0. The van der Waals surface area contributed by atoms with Crippen LogP contribution in [-0.2, 0) is 6.42 Å². The Balaban J connectivity index is 2.15. The molecule has 0 N–H and O–H groups in total. The summed E-state index contributed by atoms with van der Waals surface area (Å²) in [6.07, 6.45) is 2.12. The fraction of sp³-hybridized carbons (Fsp3) is 0.111. The predicted octanol–water partition coefficient (Wildman–Crippen LogP) is 1.66. The van der Waals surface area contributed by atoms with Crippen molar-refractivity contribution < 1.29 is 4.52 Å². The quantitative estimate of drug-likeness (QED) is 0.670. The fourth-order valence-electron chi connectivity index (χ4n) is 1.04. The van der Waals surface area contributed by atoms with Crippen molar-refractivity contribution in [1.82, 2.24) is 10.1 Å². The van der Waals surface area contributed by atoms with E-state index in [9.17, 15) is 0 Å². The van der Waals surface area contributed by atoms with Gasteiger partial charge in [-0.2, -0.15) is 4.98 Å². The zero-order valence-electron chi connectivity index (χ0n) is 6.47. The van der Waals surface area contributed by atoms with Gasteiger partial charge in [0.15, 0.2) is 6.33 Å². The first-order valence-corrected chi connectivity index (χ1v) is 3.74. The molecule has 0 aliphatic rings. The van der Waals surface area contributed by atoms with Gasteiger partial charge in [-0.15, -0.1) is 0 Å². The molecule has 3 nitrogen and oxygen atoms in total. The van der Waals surface area contributed by atoms with Crippen molar-refractivity contribution in [2.75, 3.05) is 0 Å². The summed E-state index contributed by atoms with van der Waals surface area (Å²) in [6.45, 7) is 0. The molecule has 0 atom stereocenters. The zero-order chi connectivity index (χ0) is 8.23. The highest BCUT2D eigenvalue weighted by molar-refractivity contribution is 5.17. The van der Waals surface area contributed by atoms with Gasteiger partial charge in [-0.05, 0) is 5.56 Å². The Labute approximate surface area is 70.0 Å². The van der Waals surface area contributed by atoms with Crippen LogP contribution in [0.4, 0.5) is 0 Å². The van der Waals surface area contributed by atoms with E-state index in [0.29, 0.717) is 12.3 Å². The Bertz CT molecular complexity index is 329. The molecule has 1 heterocycles. The molecule has 0 bridgehead atoms. The van der Waals surface area contributed by atoms with Crippen LogP contribution in [0.25, 0.3) is 0 Å². The summed E-state index contributed by atoms with van der Waals surface area (Å²) < 4.78 is 4.88. The molecular weight excluding hydrogens is 152 g/mol. The van der Waals surface area contributed by atoms with Crippen molar-refractivity contribution in [1.29, 1.82) is 0 Å². The third-order valence-electron chi connectivity index (χ3n) is 1.61. The Kier molecular flexibility index (Phi) is 1.86. The Hall–Kier alpha value is -1.64. The molecule has 60 valence electrons. The Morgan fingerprint density at radius 2 is 2.00 bits per heavy atom. The summed E-state index contributed by atoms with van der Waals surface area (Å²) in [4.78, 5) is 3.93. The second-order valence-corrected chi connectivity index (χ2v) is 2.50. The van der Waals surface area contributed by atoms with Crippen LogP contribution in [0.1, 0.15) is 11.5 Å². The van der Waals surface area contributed by atoms with Crippen LogP contribution in [0.5, 0.6) is 0 Å². The standard InChI is InChI=1S/C9H8N2O/c1-2-4-8(5-3-1)6-9-10-7-11-12-9/h1-5,7H,6H2. The number of aromatic nitrogens is 2. The highest BCUT2D eigenvalue weighted by atomic mass is 16.5. The molecular formula is C9H8N2O. The molecule has 0 unspecified atom stereocenters. The topological polar surface area (TPSA) is 38.9 Å². The summed E-state index contributed by atoms with van der Waals surface area (Å²) in [5.74, 6) is 0.654. The molecule has 0 amide bonds. The van der Waals surface area contributed by atoms with Gasteiger partial charge in [-0.25, -0.2) is 0 Å². The lowest BCUT2D eigenvalue weighted by atomic mass is 10.2. The molecule has 12 heavy (non-hydrogen) atoms. The Morgan fingerprint density at radius 1 is 1.17 bits per heavy atom. The van der Waals surface area contributed by atoms with Crippen LogP contribution in [-0.4, -0.2) is 10.1 Å². The minimum absolute atomic E-state index is 0.654. The molecule has 0 saturated heterocycles. The van der Waals surface area contributed by atoms with E-state index in [2.05, 4.69) is 10.1 Å². The average molecular weight is 160 g/mol. The molecule has 0 fully saturated rings. The SMILES string of the molecule is c1ccc(Cc2ncno2)cc1. The smallest absolute Gasteiger partial charge is 0.230 e. The molecule has 0 saturated carbocycles. The van der Waals surface area contributed by atoms with E-state index in [-0.39, 0.29) is 0 Å². The molecule has 2 aromatic rings. The molecule has 1 aromatic heterocycles. The predicted molar refractivity (Wildman–Crippen MR) is 43.5 cm³/mol. The molecule has 3 heteroatoms. The van der Waals surface area contributed by atoms with Gasteiger partial charge >= 0.3 is 0 Å². The van der Waals surface area contributed by atoms with E-state index >= 15 is 0 Å². The second-order valence-electron chi connectivity index (χ2n) is 2.50. The number of hydrogen-bond acceptors (Lipinski definition) is 3. The third kappa shape index (κ3) is 1.50. The first-order chi connectivity index (χ1) is 5.95. The van der Waals surface area contributed by atoms with E-state index in [1.54, 1.807) is 0 Å².